The second kappa shape index (κ2) is 10.1. The lowest BCUT2D eigenvalue weighted by atomic mass is 9.91. The number of likely N-dealkylation sites (tertiary alicyclic amines) is 1. The molecule has 2 amide bonds. The van der Waals surface area contributed by atoms with E-state index in [0.29, 0.717) is 24.8 Å². The molecule has 1 saturated heterocycles. The molecule has 186 valence electrons. The van der Waals surface area contributed by atoms with E-state index in [2.05, 4.69) is 15.1 Å². The highest BCUT2D eigenvalue weighted by molar-refractivity contribution is 5.98. The number of methoxy groups -OCH3 is 1. The Bertz CT molecular complexity index is 1120. The van der Waals surface area contributed by atoms with E-state index in [9.17, 15) is 9.59 Å². The minimum atomic E-state index is -0.456. The molecule has 3 aliphatic rings. The van der Waals surface area contributed by atoms with Gasteiger partial charge in [0.1, 0.15) is 5.82 Å². The van der Waals surface area contributed by atoms with Crippen molar-refractivity contribution in [1.82, 2.24) is 15.1 Å². The summed E-state index contributed by atoms with van der Waals surface area (Å²) >= 11 is 0. The van der Waals surface area contributed by atoms with Gasteiger partial charge in [0, 0.05) is 61.6 Å². The van der Waals surface area contributed by atoms with Crippen molar-refractivity contribution < 1.29 is 18.7 Å². The lowest BCUT2D eigenvalue weighted by Crippen LogP contribution is -2.47. The van der Waals surface area contributed by atoms with Crippen molar-refractivity contribution in [2.45, 2.75) is 57.2 Å². The lowest BCUT2D eigenvalue weighted by Gasteiger charge is -2.37. The molecular formula is C28H34FN3O3. The van der Waals surface area contributed by atoms with Gasteiger partial charge in [-0.15, -0.1) is 0 Å². The standard InChI is InChI=1S/C28H34FN3O3/c1-18(17-35-2)30-27(33)21-7-8-24(26(29)15-21)19-6-9-25-20(14-19)10-13-32(28(25)34)23-11-12-31(16-23)22-4-3-5-22/h6-9,14-15,18,22-23H,3-5,10-13,16-17H2,1-2H3,(H,30,33)/t18-,23+/m0/s1. The summed E-state index contributed by atoms with van der Waals surface area (Å²) in [6.45, 7) is 5.00. The van der Waals surface area contributed by atoms with E-state index in [1.54, 1.807) is 19.2 Å². The second-order valence-corrected chi connectivity index (χ2v) is 10.2. The van der Waals surface area contributed by atoms with Gasteiger partial charge in [0.05, 0.1) is 6.61 Å². The van der Waals surface area contributed by atoms with Crippen molar-refractivity contribution in [2.75, 3.05) is 33.4 Å². The van der Waals surface area contributed by atoms with Crippen LogP contribution in [0.4, 0.5) is 4.39 Å². The maximum absolute atomic E-state index is 15.0. The first-order valence-electron chi connectivity index (χ1n) is 12.7. The van der Waals surface area contributed by atoms with Crippen LogP contribution in [0.2, 0.25) is 0 Å². The SMILES string of the molecule is COC[C@H](C)NC(=O)c1ccc(-c2ccc3c(c2)CCN([C@@H]2CCN(C4CCC4)C2)C3=O)c(F)c1. The third kappa shape index (κ3) is 4.84. The van der Waals surface area contributed by atoms with Crippen molar-refractivity contribution in [1.29, 1.82) is 0 Å². The van der Waals surface area contributed by atoms with Crippen LogP contribution in [0.5, 0.6) is 0 Å². The number of rotatable bonds is 7. The Hall–Kier alpha value is -2.77. The fourth-order valence-corrected chi connectivity index (χ4v) is 5.62. The zero-order valence-electron chi connectivity index (χ0n) is 20.6. The number of nitrogens with zero attached hydrogens (tertiary/aromatic N) is 2. The van der Waals surface area contributed by atoms with Crippen LogP contribution in [0, 0.1) is 5.82 Å². The van der Waals surface area contributed by atoms with Gasteiger partial charge >= 0.3 is 0 Å². The Morgan fingerprint density at radius 2 is 1.91 bits per heavy atom. The van der Waals surface area contributed by atoms with Gasteiger partial charge in [-0.05, 0) is 61.9 Å². The van der Waals surface area contributed by atoms with Gasteiger partial charge in [-0.25, -0.2) is 4.39 Å². The summed E-state index contributed by atoms with van der Waals surface area (Å²) in [5.74, 6) is -0.697. The largest absolute Gasteiger partial charge is 0.383 e. The Balaban J connectivity index is 1.29. The van der Waals surface area contributed by atoms with Crippen molar-refractivity contribution in [3.63, 3.8) is 0 Å². The quantitative estimate of drug-likeness (QED) is 0.655. The number of hydrogen-bond acceptors (Lipinski definition) is 4. The van der Waals surface area contributed by atoms with Crippen LogP contribution in [-0.4, -0.2) is 73.1 Å². The molecule has 2 fully saturated rings. The maximum Gasteiger partial charge on any atom is 0.254 e. The molecular weight excluding hydrogens is 445 g/mol. The minimum absolute atomic E-state index is 0.0935. The summed E-state index contributed by atoms with van der Waals surface area (Å²) in [7, 11) is 1.57. The summed E-state index contributed by atoms with van der Waals surface area (Å²) in [5, 5.41) is 2.80. The smallest absolute Gasteiger partial charge is 0.254 e. The monoisotopic (exact) mass is 479 g/mol. The summed E-state index contributed by atoms with van der Waals surface area (Å²) in [6, 6.07) is 11.0. The number of fused-ring (bicyclic) bond motifs is 1. The molecule has 7 heteroatoms. The molecule has 1 N–H and O–H groups in total. The molecule has 0 spiro atoms. The fraction of sp³-hybridized carbons (Fsp3) is 0.500. The molecule has 2 atom stereocenters. The van der Waals surface area contributed by atoms with Gasteiger partial charge in [0.15, 0.2) is 0 Å². The van der Waals surface area contributed by atoms with Crippen molar-refractivity contribution in [3.05, 3.63) is 58.9 Å². The van der Waals surface area contributed by atoms with Crippen LogP contribution in [0.3, 0.4) is 0 Å². The number of amides is 2. The highest BCUT2D eigenvalue weighted by Gasteiger charge is 2.37. The molecule has 2 aromatic carbocycles. The molecule has 5 rings (SSSR count). The molecule has 35 heavy (non-hydrogen) atoms. The molecule has 2 heterocycles. The van der Waals surface area contributed by atoms with E-state index < -0.39 is 5.82 Å². The molecule has 1 saturated carbocycles. The van der Waals surface area contributed by atoms with Crippen LogP contribution in [0.1, 0.15) is 58.9 Å². The van der Waals surface area contributed by atoms with E-state index in [1.165, 1.54) is 25.3 Å². The molecule has 0 bridgehead atoms. The van der Waals surface area contributed by atoms with E-state index in [0.717, 1.165) is 48.7 Å². The lowest BCUT2D eigenvalue weighted by molar-refractivity contribution is 0.0646. The van der Waals surface area contributed by atoms with E-state index in [-0.39, 0.29) is 23.4 Å². The number of carbonyl (C=O) groups excluding carboxylic acids is 2. The summed E-state index contributed by atoms with van der Waals surface area (Å²) in [6.07, 6.45) is 5.73. The van der Waals surface area contributed by atoms with E-state index in [1.807, 2.05) is 25.1 Å². The van der Waals surface area contributed by atoms with Crippen LogP contribution in [0.15, 0.2) is 36.4 Å². The predicted molar refractivity (Wildman–Crippen MR) is 133 cm³/mol. The second-order valence-electron chi connectivity index (χ2n) is 10.2. The van der Waals surface area contributed by atoms with Crippen LogP contribution in [-0.2, 0) is 11.2 Å². The zero-order valence-corrected chi connectivity index (χ0v) is 20.6. The summed E-state index contributed by atoms with van der Waals surface area (Å²) in [5.41, 5.74) is 3.11. The summed E-state index contributed by atoms with van der Waals surface area (Å²) in [4.78, 5) is 30.3. The molecule has 2 aliphatic heterocycles. The normalized spacial score (nSPS) is 21.5. The highest BCUT2D eigenvalue weighted by atomic mass is 19.1. The summed E-state index contributed by atoms with van der Waals surface area (Å²) < 4.78 is 20.0. The number of nitrogens with one attached hydrogen (secondary N) is 1. The fourth-order valence-electron chi connectivity index (χ4n) is 5.62. The Labute approximate surface area is 206 Å². The third-order valence-corrected chi connectivity index (χ3v) is 7.78. The van der Waals surface area contributed by atoms with Crippen LogP contribution < -0.4 is 5.32 Å². The number of benzene rings is 2. The topological polar surface area (TPSA) is 61.9 Å². The predicted octanol–water partition coefficient (Wildman–Crippen LogP) is 3.88. The first-order valence-corrected chi connectivity index (χ1v) is 12.7. The maximum atomic E-state index is 15.0. The molecule has 0 radical (unpaired) electrons. The van der Waals surface area contributed by atoms with E-state index in [4.69, 9.17) is 4.74 Å². The number of ether oxygens (including phenoxy) is 1. The molecule has 2 aromatic rings. The average molecular weight is 480 g/mol. The van der Waals surface area contributed by atoms with Crippen molar-refractivity contribution >= 4 is 11.8 Å². The Morgan fingerprint density at radius 3 is 2.63 bits per heavy atom. The van der Waals surface area contributed by atoms with Crippen LogP contribution >= 0.6 is 0 Å². The van der Waals surface area contributed by atoms with Gasteiger partial charge in [0.25, 0.3) is 11.8 Å². The van der Waals surface area contributed by atoms with Gasteiger partial charge < -0.3 is 15.0 Å². The van der Waals surface area contributed by atoms with E-state index >= 15 is 4.39 Å². The molecule has 6 nitrogen and oxygen atoms in total. The van der Waals surface area contributed by atoms with Gasteiger partial charge in [-0.3, -0.25) is 14.5 Å². The zero-order chi connectivity index (χ0) is 24.5. The van der Waals surface area contributed by atoms with Gasteiger partial charge in [-0.1, -0.05) is 24.6 Å². The van der Waals surface area contributed by atoms with Crippen molar-refractivity contribution in [3.8, 4) is 11.1 Å². The number of carbonyl (C=O) groups is 2. The molecule has 0 unspecified atom stereocenters. The molecule has 0 aromatic heterocycles. The van der Waals surface area contributed by atoms with Crippen molar-refractivity contribution in [2.24, 2.45) is 0 Å². The van der Waals surface area contributed by atoms with Gasteiger partial charge in [-0.2, -0.15) is 0 Å². The first kappa shape index (κ1) is 23.9. The highest BCUT2D eigenvalue weighted by Crippen LogP contribution is 2.33. The average Bonchev–Trinajstić information content (AvgIpc) is 3.27. The van der Waals surface area contributed by atoms with Gasteiger partial charge in [0.2, 0.25) is 0 Å². The molecule has 1 aliphatic carbocycles. The first-order chi connectivity index (χ1) is 16.9. The Kier molecular flexibility index (Phi) is 6.89. The minimum Gasteiger partial charge on any atom is -0.383 e. The number of hydrogen-bond donors (Lipinski definition) is 1. The van der Waals surface area contributed by atoms with Crippen LogP contribution in [0.25, 0.3) is 11.1 Å². The number of halogens is 1. The Morgan fingerprint density at radius 1 is 1.11 bits per heavy atom. The third-order valence-electron chi connectivity index (χ3n) is 7.78.